The van der Waals surface area contributed by atoms with Gasteiger partial charge in [0, 0.05) is 12.7 Å². The Morgan fingerprint density at radius 2 is 2.17 bits per heavy atom. The summed E-state index contributed by atoms with van der Waals surface area (Å²) in [6.45, 7) is 6.55. The van der Waals surface area contributed by atoms with Crippen LogP contribution in [0.5, 0.6) is 0 Å². The van der Waals surface area contributed by atoms with Crippen LogP contribution < -0.4 is 0 Å². The summed E-state index contributed by atoms with van der Waals surface area (Å²) in [5, 5.41) is 4.45. The van der Waals surface area contributed by atoms with Crippen LogP contribution in [0.3, 0.4) is 0 Å². The predicted molar refractivity (Wildman–Crippen MR) is 51.3 cm³/mol. The summed E-state index contributed by atoms with van der Waals surface area (Å²) in [6, 6.07) is 2.22. The van der Waals surface area contributed by atoms with Crippen LogP contribution in [-0.4, -0.2) is 9.78 Å². The molecule has 0 aliphatic heterocycles. The molecule has 1 heterocycles. The van der Waals surface area contributed by atoms with E-state index in [1.807, 2.05) is 11.7 Å². The molecule has 0 spiro atoms. The molecule has 0 fully saturated rings. The smallest absolute Gasteiger partial charge is 0.0652 e. The number of hydrogen-bond acceptors (Lipinski definition) is 1. The van der Waals surface area contributed by atoms with Crippen LogP contribution in [0.4, 0.5) is 0 Å². The van der Waals surface area contributed by atoms with E-state index in [1.165, 1.54) is 17.8 Å². The van der Waals surface area contributed by atoms with Crippen molar-refractivity contribution in [3.05, 3.63) is 17.5 Å². The molecule has 0 N–H and O–H groups in total. The molecule has 68 valence electrons. The molecule has 0 saturated heterocycles. The fraction of sp³-hybridized carbons (Fsp3) is 0.700. The molecular formula is C10H18N2. The molecule has 0 aliphatic carbocycles. The molecule has 0 aromatic carbocycles. The predicted octanol–water partition coefficient (Wildman–Crippen LogP) is 2.50. The minimum Gasteiger partial charge on any atom is -0.272 e. The van der Waals surface area contributed by atoms with Gasteiger partial charge in [-0.1, -0.05) is 27.2 Å². The third-order valence-corrected chi connectivity index (χ3v) is 2.09. The van der Waals surface area contributed by atoms with Gasteiger partial charge in [-0.3, -0.25) is 4.68 Å². The van der Waals surface area contributed by atoms with Crippen molar-refractivity contribution in [2.24, 2.45) is 7.05 Å². The van der Waals surface area contributed by atoms with Gasteiger partial charge in [0.25, 0.3) is 0 Å². The Bertz CT molecular complexity index is 248. The van der Waals surface area contributed by atoms with Gasteiger partial charge in [-0.25, -0.2) is 0 Å². The highest BCUT2D eigenvalue weighted by molar-refractivity contribution is 5.13. The van der Waals surface area contributed by atoms with Crippen molar-refractivity contribution in [3.8, 4) is 0 Å². The quantitative estimate of drug-likeness (QED) is 0.674. The molecule has 1 aromatic heterocycles. The molecule has 0 aliphatic rings. The zero-order valence-electron chi connectivity index (χ0n) is 8.46. The first-order valence-electron chi connectivity index (χ1n) is 4.68. The molecular weight excluding hydrogens is 148 g/mol. The van der Waals surface area contributed by atoms with Crippen molar-refractivity contribution in [3.63, 3.8) is 0 Å². The van der Waals surface area contributed by atoms with Gasteiger partial charge >= 0.3 is 0 Å². The lowest BCUT2D eigenvalue weighted by Gasteiger charge is -1.96. The first-order chi connectivity index (χ1) is 5.65. The zero-order valence-corrected chi connectivity index (χ0v) is 8.46. The molecule has 12 heavy (non-hydrogen) atoms. The Balaban J connectivity index is 2.85. The standard InChI is InChI=1S/C10H18N2/c1-5-6-9-7-10(8(2)3)11-12(9)4/h7-8H,5-6H2,1-4H3. The maximum atomic E-state index is 4.45. The van der Waals surface area contributed by atoms with Crippen molar-refractivity contribution in [1.82, 2.24) is 9.78 Å². The average molecular weight is 166 g/mol. The fourth-order valence-electron chi connectivity index (χ4n) is 1.30. The van der Waals surface area contributed by atoms with E-state index in [0.29, 0.717) is 5.92 Å². The molecule has 0 unspecified atom stereocenters. The van der Waals surface area contributed by atoms with Crippen LogP contribution in [0, 0.1) is 0 Å². The summed E-state index contributed by atoms with van der Waals surface area (Å²) in [6.07, 6.45) is 2.33. The largest absolute Gasteiger partial charge is 0.272 e. The first-order valence-corrected chi connectivity index (χ1v) is 4.68. The number of aryl methyl sites for hydroxylation is 2. The third-order valence-electron chi connectivity index (χ3n) is 2.09. The summed E-state index contributed by atoms with van der Waals surface area (Å²) in [5.74, 6) is 0.543. The van der Waals surface area contributed by atoms with E-state index in [0.717, 1.165) is 6.42 Å². The molecule has 0 radical (unpaired) electrons. The number of nitrogens with zero attached hydrogens (tertiary/aromatic N) is 2. The average Bonchev–Trinajstić information content (AvgIpc) is 2.34. The van der Waals surface area contributed by atoms with Gasteiger partial charge in [-0.2, -0.15) is 5.10 Å². The van der Waals surface area contributed by atoms with E-state index in [9.17, 15) is 0 Å². The zero-order chi connectivity index (χ0) is 9.14. The monoisotopic (exact) mass is 166 g/mol. The van der Waals surface area contributed by atoms with Gasteiger partial charge in [-0.15, -0.1) is 0 Å². The summed E-state index contributed by atoms with van der Waals surface area (Å²) in [7, 11) is 2.02. The molecule has 1 aromatic rings. The van der Waals surface area contributed by atoms with E-state index in [2.05, 4.69) is 31.9 Å². The van der Waals surface area contributed by atoms with Gasteiger partial charge in [0.05, 0.1) is 5.69 Å². The lowest BCUT2D eigenvalue weighted by Crippen LogP contribution is -1.97. The topological polar surface area (TPSA) is 17.8 Å². The Morgan fingerprint density at radius 1 is 1.50 bits per heavy atom. The Hall–Kier alpha value is -0.790. The lowest BCUT2D eigenvalue weighted by molar-refractivity contribution is 0.673. The normalized spacial score (nSPS) is 11.1. The third kappa shape index (κ3) is 1.87. The Kier molecular flexibility index (Phi) is 2.90. The van der Waals surface area contributed by atoms with Crippen LogP contribution >= 0.6 is 0 Å². The van der Waals surface area contributed by atoms with E-state index in [1.54, 1.807) is 0 Å². The fourth-order valence-corrected chi connectivity index (χ4v) is 1.30. The number of aromatic nitrogens is 2. The van der Waals surface area contributed by atoms with Gasteiger partial charge in [-0.05, 0) is 18.4 Å². The summed E-state index contributed by atoms with van der Waals surface area (Å²) >= 11 is 0. The van der Waals surface area contributed by atoms with Crippen LogP contribution in [0.15, 0.2) is 6.07 Å². The summed E-state index contributed by atoms with van der Waals surface area (Å²) in [5.41, 5.74) is 2.56. The van der Waals surface area contributed by atoms with E-state index < -0.39 is 0 Å². The highest BCUT2D eigenvalue weighted by Crippen LogP contribution is 2.14. The van der Waals surface area contributed by atoms with E-state index >= 15 is 0 Å². The summed E-state index contributed by atoms with van der Waals surface area (Å²) < 4.78 is 2.00. The Morgan fingerprint density at radius 3 is 2.58 bits per heavy atom. The van der Waals surface area contributed by atoms with Gasteiger partial charge in [0.1, 0.15) is 0 Å². The second-order valence-electron chi connectivity index (χ2n) is 3.59. The SMILES string of the molecule is CCCc1cc(C(C)C)nn1C. The first kappa shape index (κ1) is 9.30. The van der Waals surface area contributed by atoms with Crippen molar-refractivity contribution in [1.29, 1.82) is 0 Å². The minimum atomic E-state index is 0.543. The molecule has 1 rings (SSSR count). The Labute approximate surface area is 74.6 Å². The van der Waals surface area contributed by atoms with Crippen LogP contribution in [-0.2, 0) is 13.5 Å². The number of rotatable bonds is 3. The molecule has 0 bridgehead atoms. The second-order valence-corrected chi connectivity index (χ2v) is 3.59. The van der Waals surface area contributed by atoms with Crippen molar-refractivity contribution in [2.45, 2.75) is 39.5 Å². The molecule has 0 saturated carbocycles. The lowest BCUT2D eigenvalue weighted by atomic mass is 10.1. The molecule has 0 atom stereocenters. The highest BCUT2D eigenvalue weighted by Gasteiger charge is 2.06. The highest BCUT2D eigenvalue weighted by atomic mass is 15.3. The maximum Gasteiger partial charge on any atom is 0.0652 e. The number of hydrogen-bond donors (Lipinski definition) is 0. The van der Waals surface area contributed by atoms with E-state index in [4.69, 9.17) is 0 Å². The van der Waals surface area contributed by atoms with Crippen LogP contribution in [0.25, 0.3) is 0 Å². The van der Waals surface area contributed by atoms with Gasteiger partial charge in [0.2, 0.25) is 0 Å². The van der Waals surface area contributed by atoms with Crippen molar-refractivity contribution < 1.29 is 0 Å². The molecule has 2 heteroatoms. The second kappa shape index (κ2) is 3.74. The van der Waals surface area contributed by atoms with Crippen molar-refractivity contribution in [2.75, 3.05) is 0 Å². The van der Waals surface area contributed by atoms with Crippen molar-refractivity contribution >= 4 is 0 Å². The van der Waals surface area contributed by atoms with Gasteiger partial charge in [0.15, 0.2) is 0 Å². The molecule has 2 nitrogen and oxygen atoms in total. The maximum absolute atomic E-state index is 4.45. The summed E-state index contributed by atoms with van der Waals surface area (Å²) in [4.78, 5) is 0. The minimum absolute atomic E-state index is 0.543. The van der Waals surface area contributed by atoms with Gasteiger partial charge < -0.3 is 0 Å². The molecule has 0 amide bonds. The van der Waals surface area contributed by atoms with E-state index in [-0.39, 0.29) is 0 Å². The van der Waals surface area contributed by atoms with Crippen LogP contribution in [0.2, 0.25) is 0 Å². The van der Waals surface area contributed by atoms with Crippen LogP contribution in [0.1, 0.15) is 44.5 Å².